The molecule has 0 saturated heterocycles. The SMILES string of the molecule is CCNC1(C=O)CCC1. The highest BCUT2D eigenvalue weighted by atomic mass is 16.1. The first-order valence-electron chi connectivity index (χ1n) is 3.54. The third-order valence-corrected chi connectivity index (χ3v) is 2.00. The Labute approximate surface area is 55.6 Å². The van der Waals surface area contributed by atoms with Crippen LogP contribution in [-0.4, -0.2) is 18.4 Å². The average Bonchev–Trinajstić information content (AvgIpc) is 1.79. The van der Waals surface area contributed by atoms with Gasteiger partial charge < -0.3 is 10.1 Å². The van der Waals surface area contributed by atoms with Gasteiger partial charge >= 0.3 is 0 Å². The summed E-state index contributed by atoms with van der Waals surface area (Å²) in [5.41, 5.74) is -0.116. The second kappa shape index (κ2) is 2.48. The van der Waals surface area contributed by atoms with E-state index in [9.17, 15) is 4.79 Å². The van der Waals surface area contributed by atoms with Crippen molar-refractivity contribution in [1.29, 1.82) is 0 Å². The van der Waals surface area contributed by atoms with Gasteiger partial charge in [0, 0.05) is 0 Å². The molecule has 1 saturated carbocycles. The minimum Gasteiger partial charge on any atom is -0.305 e. The highest BCUT2D eigenvalue weighted by molar-refractivity contribution is 5.65. The predicted octanol–water partition coefficient (Wildman–Crippen LogP) is 0.718. The average molecular weight is 127 g/mol. The Balaban J connectivity index is 2.37. The van der Waals surface area contributed by atoms with Crippen molar-refractivity contribution in [3.05, 3.63) is 0 Å². The normalized spacial score (nSPS) is 22.8. The zero-order chi connectivity index (χ0) is 6.74. The molecule has 2 nitrogen and oxygen atoms in total. The van der Waals surface area contributed by atoms with E-state index in [0.717, 1.165) is 25.7 Å². The van der Waals surface area contributed by atoms with E-state index in [1.807, 2.05) is 6.92 Å². The molecule has 0 unspecified atom stereocenters. The van der Waals surface area contributed by atoms with Gasteiger partial charge in [0.05, 0.1) is 5.54 Å². The molecule has 0 heterocycles. The van der Waals surface area contributed by atoms with Gasteiger partial charge in [0.25, 0.3) is 0 Å². The van der Waals surface area contributed by atoms with Crippen LogP contribution >= 0.6 is 0 Å². The molecule has 1 N–H and O–H groups in total. The van der Waals surface area contributed by atoms with Crippen LogP contribution < -0.4 is 5.32 Å². The van der Waals surface area contributed by atoms with E-state index >= 15 is 0 Å². The van der Waals surface area contributed by atoms with Crippen molar-refractivity contribution < 1.29 is 4.79 Å². The van der Waals surface area contributed by atoms with Crippen LogP contribution in [-0.2, 0) is 4.79 Å². The van der Waals surface area contributed by atoms with E-state index < -0.39 is 0 Å². The second-order valence-electron chi connectivity index (χ2n) is 2.66. The fourth-order valence-corrected chi connectivity index (χ4v) is 1.25. The Hall–Kier alpha value is -0.370. The van der Waals surface area contributed by atoms with Crippen molar-refractivity contribution in [2.45, 2.75) is 31.7 Å². The molecule has 0 aliphatic heterocycles. The molecule has 1 rings (SSSR count). The minimum absolute atomic E-state index is 0.116. The van der Waals surface area contributed by atoms with Crippen molar-refractivity contribution in [2.75, 3.05) is 6.54 Å². The number of nitrogens with one attached hydrogen (secondary N) is 1. The summed E-state index contributed by atoms with van der Waals surface area (Å²) in [6.45, 7) is 2.93. The largest absolute Gasteiger partial charge is 0.305 e. The van der Waals surface area contributed by atoms with Crippen molar-refractivity contribution in [3.8, 4) is 0 Å². The van der Waals surface area contributed by atoms with E-state index in [4.69, 9.17) is 0 Å². The number of hydrogen-bond donors (Lipinski definition) is 1. The zero-order valence-electron chi connectivity index (χ0n) is 5.81. The molecule has 0 radical (unpaired) electrons. The molecule has 0 aromatic carbocycles. The Morgan fingerprint density at radius 2 is 2.33 bits per heavy atom. The first kappa shape index (κ1) is 6.75. The molecular weight excluding hydrogens is 114 g/mol. The smallest absolute Gasteiger partial charge is 0.140 e. The minimum atomic E-state index is -0.116. The van der Waals surface area contributed by atoms with Crippen molar-refractivity contribution in [1.82, 2.24) is 5.32 Å². The van der Waals surface area contributed by atoms with Gasteiger partial charge in [-0.15, -0.1) is 0 Å². The Morgan fingerprint density at radius 3 is 2.44 bits per heavy atom. The Kier molecular flexibility index (Phi) is 1.86. The molecular formula is C7H13NO. The van der Waals surface area contributed by atoms with Crippen LogP contribution in [0.1, 0.15) is 26.2 Å². The summed E-state index contributed by atoms with van der Waals surface area (Å²) < 4.78 is 0. The summed E-state index contributed by atoms with van der Waals surface area (Å²) in [7, 11) is 0. The van der Waals surface area contributed by atoms with Gasteiger partial charge in [-0.1, -0.05) is 6.92 Å². The molecule has 0 aromatic rings. The maximum Gasteiger partial charge on any atom is 0.140 e. The highest BCUT2D eigenvalue weighted by Crippen LogP contribution is 2.29. The van der Waals surface area contributed by atoms with Crippen LogP contribution in [0.25, 0.3) is 0 Å². The van der Waals surface area contributed by atoms with Gasteiger partial charge in [-0.05, 0) is 25.8 Å². The summed E-state index contributed by atoms with van der Waals surface area (Å²) in [6.07, 6.45) is 4.32. The molecule has 1 fully saturated rings. The lowest BCUT2D eigenvalue weighted by Gasteiger charge is -2.37. The topological polar surface area (TPSA) is 29.1 Å². The number of hydrogen-bond acceptors (Lipinski definition) is 2. The fraction of sp³-hybridized carbons (Fsp3) is 0.857. The first-order valence-corrected chi connectivity index (χ1v) is 3.54. The monoisotopic (exact) mass is 127 g/mol. The van der Waals surface area contributed by atoms with Gasteiger partial charge in [-0.2, -0.15) is 0 Å². The summed E-state index contributed by atoms with van der Waals surface area (Å²) >= 11 is 0. The molecule has 0 bridgehead atoms. The van der Waals surface area contributed by atoms with Gasteiger partial charge in [-0.3, -0.25) is 0 Å². The van der Waals surface area contributed by atoms with Gasteiger partial charge in [0.1, 0.15) is 6.29 Å². The van der Waals surface area contributed by atoms with Crippen LogP contribution in [0.15, 0.2) is 0 Å². The van der Waals surface area contributed by atoms with Crippen LogP contribution in [0.2, 0.25) is 0 Å². The van der Waals surface area contributed by atoms with Crippen LogP contribution in [0, 0.1) is 0 Å². The highest BCUT2D eigenvalue weighted by Gasteiger charge is 2.35. The molecule has 52 valence electrons. The van der Waals surface area contributed by atoms with Gasteiger partial charge in [0.2, 0.25) is 0 Å². The first-order chi connectivity index (χ1) is 4.33. The lowest BCUT2D eigenvalue weighted by atomic mass is 9.78. The van der Waals surface area contributed by atoms with Crippen LogP contribution in [0.4, 0.5) is 0 Å². The molecule has 0 atom stereocenters. The van der Waals surface area contributed by atoms with Crippen molar-refractivity contribution in [3.63, 3.8) is 0 Å². The van der Waals surface area contributed by atoms with E-state index in [2.05, 4.69) is 5.32 Å². The molecule has 9 heavy (non-hydrogen) atoms. The lowest BCUT2D eigenvalue weighted by Crippen LogP contribution is -2.52. The molecule has 2 heteroatoms. The van der Waals surface area contributed by atoms with Crippen molar-refractivity contribution >= 4 is 6.29 Å². The Bertz CT molecular complexity index is 107. The number of rotatable bonds is 3. The number of carbonyl (C=O) groups is 1. The standard InChI is InChI=1S/C7H13NO/c1-2-8-7(6-9)4-3-5-7/h6,8H,2-5H2,1H3. The van der Waals surface area contributed by atoms with E-state index in [0.29, 0.717) is 0 Å². The summed E-state index contributed by atoms with van der Waals surface area (Å²) in [4.78, 5) is 10.4. The fourth-order valence-electron chi connectivity index (χ4n) is 1.25. The molecule has 1 aliphatic rings. The molecule has 0 spiro atoms. The summed E-state index contributed by atoms with van der Waals surface area (Å²) in [6, 6.07) is 0. The van der Waals surface area contributed by atoms with E-state index in [1.165, 1.54) is 6.42 Å². The molecule has 0 aromatic heterocycles. The number of carbonyl (C=O) groups excluding carboxylic acids is 1. The number of likely N-dealkylation sites (N-methyl/N-ethyl adjacent to an activating group) is 1. The maximum absolute atomic E-state index is 10.4. The van der Waals surface area contributed by atoms with Crippen LogP contribution in [0.3, 0.4) is 0 Å². The quantitative estimate of drug-likeness (QED) is 0.566. The summed E-state index contributed by atoms with van der Waals surface area (Å²) in [5, 5.41) is 3.18. The maximum atomic E-state index is 10.4. The van der Waals surface area contributed by atoms with Gasteiger partial charge in [0.15, 0.2) is 0 Å². The van der Waals surface area contributed by atoms with Gasteiger partial charge in [-0.25, -0.2) is 0 Å². The zero-order valence-corrected chi connectivity index (χ0v) is 5.81. The third kappa shape index (κ3) is 1.13. The predicted molar refractivity (Wildman–Crippen MR) is 36.3 cm³/mol. The Morgan fingerprint density at radius 1 is 1.67 bits per heavy atom. The van der Waals surface area contributed by atoms with Crippen molar-refractivity contribution in [2.24, 2.45) is 0 Å². The molecule has 0 amide bonds. The van der Waals surface area contributed by atoms with E-state index in [1.54, 1.807) is 0 Å². The number of aldehydes is 1. The molecule has 1 aliphatic carbocycles. The van der Waals surface area contributed by atoms with E-state index in [-0.39, 0.29) is 5.54 Å². The summed E-state index contributed by atoms with van der Waals surface area (Å²) in [5.74, 6) is 0. The third-order valence-electron chi connectivity index (χ3n) is 2.00. The van der Waals surface area contributed by atoms with Crippen LogP contribution in [0.5, 0.6) is 0 Å². The second-order valence-corrected chi connectivity index (χ2v) is 2.66. The lowest BCUT2D eigenvalue weighted by molar-refractivity contribution is -0.116.